The fourth-order valence-electron chi connectivity index (χ4n) is 0.523. The second-order valence-corrected chi connectivity index (χ2v) is 1.90. The van der Waals surface area contributed by atoms with Crippen molar-refractivity contribution in [3.8, 4) is 0 Å². The molecule has 0 heterocycles. The van der Waals surface area contributed by atoms with Crippen LogP contribution in [-0.4, -0.2) is 57.7 Å². The first-order valence-corrected chi connectivity index (χ1v) is 2.76. The Morgan fingerprint density at radius 1 is 1.62 bits per heavy atom. The third kappa shape index (κ3) is 7.31. The van der Waals surface area contributed by atoms with Gasteiger partial charge in [-0.3, -0.25) is 0 Å². The van der Waals surface area contributed by atoms with Gasteiger partial charge in [0.25, 0.3) is 0 Å². The topological polar surface area (TPSA) is 17.1 Å². The van der Waals surface area contributed by atoms with Gasteiger partial charge >= 0.3 is 51.4 Å². The molecule has 0 aliphatic rings. The summed E-state index contributed by atoms with van der Waals surface area (Å²) in [7, 11) is 0. The van der Waals surface area contributed by atoms with E-state index in [-0.39, 0.29) is 57.3 Å². The van der Waals surface area contributed by atoms with E-state index in [9.17, 15) is 4.79 Å². The Bertz CT molecular complexity index is 54.5. The van der Waals surface area contributed by atoms with Gasteiger partial charge in [-0.25, -0.2) is 0 Å². The van der Waals surface area contributed by atoms with Crippen molar-refractivity contribution in [3.05, 3.63) is 0 Å². The van der Waals surface area contributed by atoms with Crippen molar-refractivity contribution in [3.63, 3.8) is 0 Å². The third-order valence-electron chi connectivity index (χ3n) is 0.976. The molecule has 0 bridgehead atoms. The molecule has 0 aromatic heterocycles. The molecule has 1 unspecified atom stereocenters. The van der Waals surface area contributed by atoms with Gasteiger partial charge in [-0.2, -0.15) is 0 Å². The van der Waals surface area contributed by atoms with E-state index in [0.29, 0.717) is 0 Å². The predicted molar refractivity (Wildman–Crippen MR) is 37.3 cm³/mol. The molecule has 0 amide bonds. The summed E-state index contributed by atoms with van der Waals surface area (Å²) in [5, 5.41) is 0. The van der Waals surface area contributed by atoms with Gasteiger partial charge in [-0.1, -0.05) is 20.3 Å². The second kappa shape index (κ2) is 8.31. The fourth-order valence-corrected chi connectivity index (χ4v) is 0.523. The molecule has 0 N–H and O–H groups in total. The molecule has 0 aliphatic heterocycles. The molecule has 2 heteroatoms. The van der Waals surface area contributed by atoms with Crippen molar-refractivity contribution in [1.82, 2.24) is 0 Å². The molecule has 0 aliphatic carbocycles. The Balaban J connectivity index is 0. The Labute approximate surface area is 93.6 Å². The summed E-state index contributed by atoms with van der Waals surface area (Å²) in [5.41, 5.74) is 0. The van der Waals surface area contributed by atoms with Crippen molar-refractivity contribution in [1.29, 1.82) is 0 Å². The molecule has 0 fully saturated rings. The Hall–Kier alpha value is 1.31. The molecule has 1 atom stereocenters. The van der Waals surface area contributed by atoms with Gasteiger partial charge in [0, 0.05) is 5.92 Å². The van der Waals surface area contributed by atoms with Crippen molar-refractivity contribution in [2.75, 3.05) is 0 Å². The average Bonchev–Trinajstić information content (AvgIpc) is 1.68. The van der Waals surface area contributed by atoms with E-state index >= 15 is 0 Å². The summed E-state index contributed by atoms with van der Waals surface area (Å²) < 4.78 is 0. The molecule has 0 rings (SSSR count). The minimum absolute atomic E-state index is 0. The van der Waals surface area contributed by atoms with Gasteiger partial charge in [-0.15, -0.1) is 0 Å². The molecule has 1 nitrogen and oxygen atoms in total. The van der Waals surface area contributed by atoms with Crippen molar-refractivity contribution in [2.45, 2.75) is 26.7 Å². The molecule has 0 saturated carbocycles. The van der Waals surface area contributed by atoms with E-state index in [1.165, 1.54) is 0 Å². The standard InChI is InChI=1S/C6H12O.K.H/c1-3-4-6(2)5-7;;/h5-6H,3-4H2,1-2H3;;. The molecule has 8 heavy (non-hydrogen) atoms. The average molecular weight is 140 g/mol. The molecular weight excluding hydrogens is 127 g/mol. The maximum atomic E-state index is 9.89. The van der Waals surface area contributed by atoms with Crippen LogP contribution in [0.5, 0.6) is 0 Å². The van der Waals surface area contributed by atoms with Crippen LogP contribution < -0.4 is 0 Å². The Kier molecular flexibility index (Phi) is 12.5. The van der Waals surface area contributed by atoms with Crippen molar-refractivity contribution >= 4 is 57.7 Å². The summed E-state index contributed by atoms with van der Waals surface area (Å²) in [6.45, 7) is 4.02. The van der Waals surface area contributed by atoms with Crippen LogP contribution in [0.1, 0.15) is 26.7 Å². The second-order valence-electron chi connectivity index (χ2n) is 1.90. The van der Waals surface area contributed by atoms with Gasteiger partial charge in [-0.05, 0) is 6.42 Å². The van der Waals surface area contributed by atoms with Crippen LogP contribution in [-0.2, 0) is 4.79 Å². The fraction of sp³-hybridized carbons (Fsp3) is 0.833. The first-order valence-electron chi connectivity index (χ1n) is 2.76. The van der Waals surface area contributed by atoms with Crippen LogP contribution in [0.25, 0.3) is 0 Å². The molecule has 0 saturated heterocycles. The summed E-state index contributed by atoms with van der Waals surface area (Å²) in [5.74, 6) is 0.269. The van der Waals surface area contributed by atoms with Gasteiger partial charge in [0.15, 0.2) is 0 Å². The molecular formula is C6H13KO. The monoisotopic (exact) mass is 140 g/mol. The van der Waals surface area contributed by atoms with E-state index < -0.39 is 0 Å². The summed E-state index contributed by atoms with van der Waals surface area (Å²) >= 11 is 0. The van der Waals surface area contributed by atoms with E-state index in [0.717, 1.165) is 19.1 Å². The quantitative estimate of drug-likeness (QED) is 0.422. The zero-order valence-electron chi connectivity index (χ0n) is 4.98. The van der Waals surface area contributed by atoms with E-state index in [1.807, 2.05) is 6.92 Å². The van der Waals surface area contributed by atoms with E-state index in [1.54, 1.807) is 0 Å². The van der Waals surface area contributed by atoms with E-state index in [4.69, 9.17) is 0 Å². The van der Waals surface area contributed by atoms with Crippen LogP contribution >= 0.6 is 0 Å². The van der Waals surface area contributed by atoms with Crippen molar-refractivity contribution < 1.29 is 4.79 Å². The summed E-state index contributed by atoms with van der Waals surface area (Å²) in [6, 6.07) is 0. The molecule has 0 aromatic carbocycles. The number of carbonyl (C=O) groups excluding carboxylic acids is 1. The van der Waals surface area contributed by atoms with Crippen LogP contribution in [0.15, 0.2) is 0 Å². The number of aldehydes is 1. The normalized spacial score (nSPS) is 11.8. The number of hydrogen-bond donors (Lipinski definition) is 0. The maximum absolute atomic E-state index is 9.89. The third-order valence-corrected chi connectivity index (χ3v) is 0.976. The number of carbonyl (C=O) groups is 1. The van der Waals surface area contributed by atoms with Crippen LogP contribution in [0, 0.1) is 5.92 Å². The van der Waals surface area contributed by atoms with Crippen molar-refractivity contribution in [2.24, 2.45) is 5.92 Å². The molecule has 0 spiro atoms. The Morgan fingerprint density at radius 2 is 2.12 bits per heavy atom. The Morgan fingerprint density at radius 3 is 2.25 bits per heavy atom. The van der Waals surface area contributed by atoms with E-state index in [2.05, 4.69) is 6.92 Å². The zero-order chi connectivity index (χ0) is 5.70. The first kappa shape index (κ1) is 12.0. The van der Waals surface area contributed by atoms with Crippen LogP contribution in [0.3, 0.4) is 0 Å². The van der Waals surface area contributed by atoms with Gasteiger partial charge in [0.1, 0.15) is 6.29 Å². The SMILES string of the molecule is CCCC(C)C=O.[KH]. The van der Waals surface area contributed by atoms with Crippen LogP contribution in [0.2, 0.25) is 0 Å². The zero-order valence-corrected chi connectivity index (χ0v) is 4.98. The van der Waals surface area contributed by atoms with Crippen LogP contribution in [0.4, 0.5) is 0 Å². The summed E-state index contributed by atoms with van der Waals surface area (Å²) in [4.78, 5) is 9.89. The molecule has 44 valence electrons. The summed E-state index contributed by atoms with van der Waals surface area (Å²) in [6.07, 6.45) is 3.15. The van der Waals surface area contributed by atoms with Gasteiger partial charge < -0.3 is 4.79 Å². The van der Waals surface area contributed by atoms with Gasteiger partial charge in [0.2, 0.25) is 0 Å². The number of rotatable bonds is 3. The number of hydrogen-bond acceptors (Lipinski definition) is 1. The predicted octanol–water partition coefficient (Wildman–Crippen LogP) is 0.973. The van der Waals surface area contributed by atoms with Gasteiger partial charge in [0.05, 0.1) is 0 Å². The minimum atomic E-state index is 0. The first-order chi connectivity index (χ1) is 3.31. The molecule has 0 radical (unpaired) electrons. The molecule has 0 aromatic rings.